The predicted molar refractivity (Wildman–Crippen MR) is 80.4 cm³/mol. The Bertz CT molecular complexity index is 569. The highest BCUT2D eigenvalue weighted by atomic mass is 35.5. The second-order valence-electron chi connectivity index (χ2n) is 4.51. The van der Waals surface area contributed by atoms with Crippen molar-refractivity contribution < 1.29 is 0 Å². The maximum absolute atomic E-state index is 6.12. The lowest BCUT2D eigenvalue weighted by Gasteiger charge is -2.15. The fourth-order valence-corrected chi connectivity index (χ4v) is 1.96. The van der Waals surface area contributed by atoms with Crippen LogP contribution >= 0.6 is 11.6 Å². The largest absolute Gasteiger partial charge is 0.357 e. The van der Waals surface area contributed by atoms with E-state index < -0.39 is 0 Å². The summed E-state index contributed by atoms with van der Waals surface area (Å²) in [7, 11) is 1.77. The molecular weight excluding hydrogens is 260 g/mol. The van der Waals surface area contributed by atoms with Gasteiger partial charge in [-0.05, 0) is 17.5 Å². The molecule has 0 bridgehead atoms. The van der Waals surface area contributed by atoms with Gasteiger partial charge >= 0.3 is 0 Å². The Morgan fingerprint density at radius 3 is 2.63 bits per heavy atom. The molecule has 0 radical (unpaired) electrons. The highest BCUT2D eigenvalue weighted by Crippen LogP contribution is 2.29. The summed E-state index contributed by atoms with van der Waals surface area (Å²) < 4.78 is 0. The summed E-state index contributed by atoms with van der Waals surface area (Å²) in [6, 6.07) is 8.14. The highest BCUT2D eigenvalue weighted by Gasteiger charge is 2.09. The average molecular weight is 277 g/mol. The summed E-state index contributed by atoms with van der Waals surface area (Å²) in [6.07, 6.45) is 1.58. The molecule has 0 unspecified atom stereocenters. The predicted octanol–water partition coefficient (Wildman–Crippen LogP) is 4.04. The second-order valence-corrected chi connectivity index (χ2v) is 4.91. The average Bonchev–Trinajstić information content (AvgIpc) is 2.41. The van der Waals surface area contributed by atoms with E-state index in [0.29, 0.717) is 22.7 Å². The second kappa shape index (κ2) is 5.89. The summed E-state index contributed by atoms with van der Waals surface area (Å²) in [6.45, 7) is 4.31. The number of halogens is 1. The Labute approximate surface area is 118 Å². The number of nitrogens with zero attached hydrogens (tertiary/aromatic N) is 2. The van der Waals surface area contributed by atoms with Gasteiger partial charge < -0.3 is 10.6 Å². The normalized spacial score (nSPS) is 10.6. The third-order valence-electron chi connectivity index (χ3n) is 2.80. The third kappa shape index (κ3) is 3.15. The summed E-state index contributed by atoms with van der Waals surface area (Å²) in [5.74, 6) is 1.57. The van der Waals surface area contributed by atoms with E-state index in [0.717, 1.165) is 5.69 Å². The Hall–Kier alpha value is -1.81. The van der Waals surface area contributed by atoms with Gasteiger partial charge in [0, 0.05) is 12.7 Å². The lowest BCUT2D eigenvalue weighted by Crippen LogP contribution is -2.03. The molecule has 1 aromatic carbocycles. The first kappa shape index (κ1) is 13.6. The van der Waals surface area contributed by atoms with E-state index in [1.54, 1.807) is 13.2 Å². The summed E-state index contributed by atoms with van der Waals surface area (Å²) in [4.78, 5) is 8.38. The molecule has 0 saturated heterocycles. The van der Waals surface area contributed by atoms with Crippen molar-refractivity contribution >= 4 is 29.1 Å². The molecule has 4 nitrogen and oxygen atoms in total. The van der Waals surface area contributed by atoms with Crippen LogP contribution < -0.4 is 10.6 Å². The van der Waals surface area contributed by atoms with E-state index in [2.05, 4.69) is 40.5 Å². The third-order valence-corrected chi connectivity index (χ3v) is 3.08. The number of hydrogen-bond acceptors (Lipinski definition) is 4. The smallest absolute Gasteiger partial charge is 0.224 e. The molecule has 0 saturated carbocycles. The summed E-state index contributed by atoms with van der Waals surface area (Å²) >= 11 is 6.12. The van der Waals surface area contributed by atoms with Crippen LogP contribution in [0.5, 0.6) is 0 Å². The van der Waals surface area contributed by atoms with Crippen molar-refractivity contribution in [2.24, 2.45) is 0 Å². The van der Waals surface area contributed by atoms with E-state index in [-0.39, 0.29) is 0 Å². The SMILES string of the molecule is CNc1ncc(Cl)c(Nc2ccccc2C(C)C)n1. The number of hydrogen-bond donors (Lipinski definition) is 2. The first-order valence-corrected chi connectivity index (χ1v) is 6.56. The van der Waals surface area contributed by atoms with Gasteiger partial charge in [0.15, 0.2) is 5.82 Å². The van der Waals surface area contributed by atoms with Gasteiger partial charge in [0.1, 0.15) is 5.02 Å². The molecule has 19 heavy (non-hydrogen) atoms. The fraction of sp³-hybridized carbons (Fsp3) is 0.286. The minimum absolute atomic E-state index is 0.424. The van der Waals surface area contributed by atoms with Crippen molar-refractivity contribution in [2.75, 3.05) is 17.7 Å². The molecular formula is C14H17ClN4. The van der Waals surface area contributed by atoms with Crippen LogP contribution in [0.2, 0.25) is 5.02 Å². The molecule has 0 amide bonds. The molecule has 0 fully saturated rings. The van der Waals surface area contributed by atoms with Gasteiger partial charge in [0.25, 0.3) is 0 Å². The first-order chi connectivity index (χ1) is 9.11. The summed E-state index contributed by atoms with van der Waals surface area (Å²) in [5.41, 5.74) is 2.24. The molecule has 0 atom stereocenters. The van der Waals surface area contributed by atoms with E-state index in [9.17, 15) is 0 Å². The van der Waals surface area contributed by atoms with E-state index in [1.807, 2.05) is 18.2 Å². The molecule has 0 spiro atoms. The monoisotopic (exact) mass is 276 g/mol. The maximum Gasteiger partial charge on any atom is 0.224 e. The lowest BCUT2D eigenvalue weighted by atomic mass is 10.0. The van der Waals surface area contributed by atoms with Crippen molar-refractivity contribution in [1.82, 2.24) is 9.97 Å². The minimum Gasteiger partial charge on any atom is -0.357 e. The zero-order chi connectivity index (χ0) is 13.8. The van der Waals surface area contributed by atoms with Gasteiger partial charge in [-0.2, -0.15) is 4.98 Å². The molecule has 2 aromatic rings. The fourth-order valence-electron chi connectivity index (χ4n) is 1.82. The zero-order valence-corrected chi connectivity index (χ0v) is 12.0. The number of para-hydroxylation sites is 1. The first-order valence-electron chi connectivity index (χ1n) is 6.18. The number of aromatic nitrogens is 2. The van der Waals surface area contributed by atoms with E-state index in [1.165, 1.54) is 5.56 Å². The molecule has 2 rings (SSSR count). The van der Waals surface area contributed by atoms with Crippen LogP contribution in [0.25, 0.3) is 0 Å². The minimum atomic E-state index is 0.424. The van der Waals surface area contributed by atoms with Crippen molar-refractivity contribution in [3.8, 4) is 0 Å². The number of nitrogens with one attached hydrogen (secondary N) is 2. The van der Waals surface area contributed by atoms with E-state index in [4.69, 9.17) is 11.6 Å². The van der Waals surface area contributed by atoms with Gasteiger partial charge in [-0.25, -0.2) is 4.98 Å². The Morgan fingerprint density at radius 1 is 1.21 bits per heavy atom. The molecule has 0 aliphatic carbocycles. The number of benzene rings is 1. The van der Waals surface area contributed by atoms with Crippen molar-refractivity contribution in [3.05, 3.63) is 41.0 Å². The van der Waals surface area contributed by atoms with E-state index >= 15 is 0 Å². The highest BCUT2D eigenvalue weighted by molar-refractivity contribution is 6.32. The van der Waals surface area contributed by atoms with Crippen LogP contribution in [0.1, 0.15) is 25.3 Å². The maximum atomic E-state index is 6.12. The molecule has 5 heteroatoms. The quantitative estimate of drug-likeness (QED) is 0.885. The Kier molecular flexibility index (Phi) is 4.22. The van der Waals surface area contributed by atoms with Crippen molar-refractivity contribution in [3.63, 3.8) is 0 Å². The standard InChI is InChI=1S/C14H17ClN4/c1-9(2)10-6-4-5-7-12(10)18-13-11(15)8-17-14(16-3)19-13/h4-9H,1-3H3,(H2,16,17,18,19). The zero-order valence-electron chi connectivity index (χ0n) is 11.2. The molecule has 1 aromatic heterocycles. The van der Waals surface area contributed by atoms with Gasteiger partial charge in [-0.15, -0.1) is 0 Å². The van der Waals surface area contributed by atoms with Gasteiger partial charge in [-0.1, -0.05) is 43.6 Å². The van der Waals surface area contributed by atoms with Crippen molar-refractivity contribution in [1.29, 1.82) is 0 Å². The van der Waals surface area contributed by atoms with Gasteiger partial charge in [0.2, 0.25) is 5.95 Å². The van der Waals surface area contributed by atoms with Crippen LogP contribution in [0.4, 0.5) is 17.5 Å². The molecule has 2 N–H and O–H groups in total. The topological polar surface area (TPSA) is 49.8 Å². The van der Waals surface area contributed by atoms with Crippen LogP contribution in [0, 0.1) is 0 Å². The van der Waals surface area contributed by atoms with Crippen LogP contribution in [0.3, 0.4) is 0 Å². The Morgan fingerprint density at radius 2 is 1.95 bits per heavy atom. The molecule has 0 aliphatic heterocycles. The lowest BCUT2D eigenvalue weighted by molar-refractivity contribution is 0.869. The van der Waals surface area contributed by atoms with Crippen molar-refractivity contribution in [2.45, 2.75) is 19.8 Å². The van der Waals surface area contributed by atoms with Crippen LogP contribution in [-0.2, 0) is 0 Å². The molecule has 0 aliphatic rings. The Balaban J connectivity index is 2.36. The van der Waals surface area contributed by atoms with Crippen LogP contribution in [0.15, 0.2) is 30.5 Å². The van der Waals surface area contributed by atoms with Gasteiger partial charge in [0.05, 0.1) is 6.20 Å². The number of rotatable bonds is 4. The number of anilines is 3. The molecule has 1 heterocycles. The molecule has 100 valence electrons. The summed E-state index contributed by atoms with van der Waals surface area (Å²) in [5, 5.41) is 6.67. The van der Waals surface area contributed by atoms with Gasteiger partial charge in [-0.3, -0.25) is 0 Å². The van der Waals surface area contributed by atoms with Crippen LogP contribution in [-0.4, -0.2) is 17.0 Å².